The number of hydrogen-bond acceptors (Lipinski definition) is 6. The van der Waals surface area contributed by atoms with Gasteiger partial charge in [-0.1, -0.05) is 12.1 Å². The molecule has 0 aromatic heterocycles. The molecule has 0 aliphatic heterocycles. The predicted molar refractivity (Wildman–Crippen MR) is 125 cm³/mol. The van der Waals surface area contributed by atoms with Crippen LogP contribution >= 0.6 is 45.2 Å². The van der Waals surface area contributed by atoms with Crippen molar-refractivity contribution in [2.45, 2.75) is 31.3 Å². The average molecular weight is 628 g/mol. The fourth-order valence-corrected chi connectivity index (χ4v) is 4.09. The summed E-state index contributed by atoms with van der Waals surface area (Å²) in [4.78, 5) is 21.3. The van der Waals surface area contributed by atoms with Gasteiger partial charge in [0.2, 0.25) is 0 Å². The molecule has 2 aromatic carbocycles. The second-order valence-corrected chi connectivity index (χ2v) is 8.95. The number of nitrogens with two attached hydrogens (primary N) is 2. The second kappa shape index (κ2) is 10.9. The minimum absolute atomic E-state index is 0.155. The largest absolute Gasteiger partial charge is 0.508 e. The number of aliphatic carboxylic acids is 2. The third-order valence-corrected chi connectivity index (χ3v) is 5.49. The van der Waals surface area contributed by atoms with Gasteiger partial charge in [-0.15, -0.1) is 0 Å². The maximum Gasteiger partial charge on any atom is 0.323 e. The van der Waals surface area contributed by atoms with Crippen molar-refractivity contribution in [1.82, 2.24) is 0 Å². The summed E-state index contributed by atoms with van der Waals surface area (Å²) in [5.41, 5.74) is 11.3. The Morgan fingerprint density at radius 1 is 1.03 bits per heavy atom. The van der Waals surface area contributed by atoms with Crippen LogP contribution < -0.4 is 11.5 Å². The molecule has 0 aliphatic rings. The Balaban J connectivity index is 0.000000291. The van der Waals surface area contributed by atoms with Crippen LogP contribution in [0, 0.1) is 7.14 Å². The minimum atomic E-state index is -1.27. The van der Waals surface area contributed by atoms with Crippen molar-refractivity contribution < 1.29 is 30.0 Å². The average Bonchev–Trinajstić information content (AvgIpc) is 2.61. The zero-order chi connectivity index (χ0) is 22.4. The molecule has 0 amide bonds. The molecule has 29 heavy (non-hydrogen) atoms. The summed E-state index contributed by atoms with van der Waals surface area (Å²) in [6.45, 7) is 1.46. The van der Waals surface area contributed by atoms with Gasteiger partial charge in [0.15, 0.2) is 0 Å². The Hall–Kier alpha value is -1.64. The Kier molecular flexibility index (Phi) is 9.58. The van der Waals surface area contributed by atoms with E-state index < -0.39 is 23.5 Å². The van der Waals surface area contributed by atoms with Crippen molar-refractivity contribution in [3.63, 3.8) is 0 Å². The third kappa shape index (κ3) is 8.32. The first-order valence-corrected chi connectivity index (χ1v) is 10.4. The third-order valence-electron chi connectivity index (χ3n) is 3.85. The van der Waals surface area contributed by atoms with E-state index in [1.54, 1.807) is 24.3 Å². The van der Waals surface area contributed by atoms with E-state index >= 15 is 0 Å². The predicted octanol–water partition coefficient (Wildman–Crippen LogP) is 2.29. The van der Waals surface area contributed by atoms with Crippen molar-refractivity contribution in [1.29, 1.82) is 0 Å². The molecule has 0 spiro atoms. The van der Waals surface area contributed by atoms with Gasteiger partial charge >= 0.3 is 11.9 Å². The van der Waals surface area contributed by atoms with Crippen molar-refractivity contribution in [2.24, 2.45) is 11.5 Å². The summed E-state index contributed by atoms with van der Waals surface area (Å²) in [6, 6.07) is 8.90. The van der Waals surface area contributed by atoms with E-state index in [-0.39, 0.29) is 24.3 Å². The van der Waals surface area contributed by atoms with Gasteiger partial charge in [0.1, 0.15) is 23.1 Å². The SMILES string of the molecule is C[C@](N)(Cc1ccc(O)cc1)C(=O)O.N[C@@H](Cc1cc(I)c(O)c(I)c1)C(=O)O. The molecule has 10 heteroatoms. The van der Waals surface area contributed by atoms with Crippen molar-refractivity contribution >= 4 is 57.1 Å². The summed E-state index contributed by atoms with van der Waals surface area (Å²) in [5, 5.41) is 36.0. The lowest BCUT2D eigenvalue weighted by atomic mass is 9.94. The topological polar surface area (TPSA) is 167 Å². The highest BCUT2D eigenvalue weighted by atomic mass is 127. The number of phenols is 2. The summed E-state index contributed by atoms with van der Waals surface area (Å²) in [7, 11) is 0. The molecule has 0 radical (unpaired) electrons. The molecule has 158 valence electrons. The van der Waals surface area contributed by atoms with Gasteiger partial charge in [-0.05, 0) is 93.9 Å². The Morgan fingerprint density at radius 3 is 1.93 bits per heavy atom. The van der Waals surface area contributed by atoms with Gasteiger partial charge < -0.3 is 31.9 Å². The van der Waals surface area contributed by atoms with Crippen molar-refractivity contribution in [3.8, 4) is 11.5 Å². The highest BCUT2D eigenvalue weighted by Crippen LogP contribution is 2.27. The summed E-state index contributed by atoms with van der Waals surface area (Å²) >= 11 is 3.99. The molecule has 2 atom stereocenters. The minimum Gasteiger partial charge on any atom is -0.508 e. The molecule has 0 saturated carbocycles. The fraction of sp³-hybridized carbons (Fsp3) is 0.263. The van der Waals surface area contributed by atoms with E-state index in [2.05, 4.69) is 0 Å². The Bertz CT molecular complexity index is 848. The maximum atomic E-state index is 10.7. The molecule has 0 unspecified atom stereocenters. The van der Waals surface area contributed by atoms with Crippen LogP contribution in [0.4, 0.5) is 0 Å². The Morgan fingerprint density at radius 2 is 1.52 bits per heavy atom. The highest BCUT2D eigenvalue weighted by Gasteiger charge is 2.27. The van der Waals surface area contributed by atoms with Gasteiger partial charge in [-0.2, -0.15) is 0 Å². The highest BCUT2D eigenvalue weighted by molar-refractivity contribution is 14.1. The van der Waals surface area contributed by atoms with Gasteiger partial charge in [-0.3, -0.25) is 9.59 Å². The number of rotatable bonds is 6. The molecular formula is C19H22I2N2O6. The van der Waals surface area contributed by atoms with Crippen LogP contribution in [-0.4, -0.2) is 43.9 Å². The Labute approximate surface area is 195 Å². The van der Waals surface area contributed by atoms with Crippen LogP contribution in [0.25, 0.3) is 0 Å². The van der Waals surface area contributed by atoms with Crippen LogP contribution in [0.3, 0.4) is 0 Å². The molecule has 2 rings (SSSR count). The zero-order valence-corrected chi connectivity index (χ0v) is 19.8. The first kappa shape index (κ1) is 25.4. The van der Waals surface area contributed by atoms with E-state index in [1.165, 1.54) is 19.1 Å². The zero-order valence-electron chi connectivity index (χ0n) is 15.5. The fourth-order valence-electron chi connectivity index (χ4n) is 2.19. The first-order chi connectivity index (χ1) is 13.3. The molecule has 0 aliphatic carbocycles. The number of carbonyl (C=O) groups is 2. The van der Waals surface area contributed by atoms with Crippen molar-refractivity contribution in [3.05, 3.63) is 54.7 Å². The van der Waals surface area contributed by atoms with Gasteiger partial charge in [0, 0.05) is 6.42 Å². The normalized spacial score (nSPS) is 13.6. The van der Waals surface area contributed by atoms with Crippen LogP contribution in [0.5, 0.6) is 11.5 Å². The molecule has 2 aromatic rings. The molecule has 0 bridgehead atoms. The number of benzene rings is 2. The second-order valence-electron chi connectivity index (χ2n) is 6.62. The standard InChI is InChI=1S/C10H13NO3.C9H9I2NO3/c1-10(11,9(13)14)6-7-2-4-8(12)5-3-7;10-5-1-4(2-6(11)8(5)13)3-7(12)9(14)15/h2-5,12H,6,11H2,1H3,(H,13,14);1-2,7,13H,3,12H2,(H,14,15)/t10-;7-/m00/s1. The number of aromatic hydroxyl groups is 2. The van der Waals surface area contributed by atoms with Gasteiger partial charge in [0.25, 0.3) is 0 Å². The van der Waals surface area contributed by atoms with Crippen LogP contribution in [0.2, 0.25) is 0 Å². The smallest absolute Gasteiger partial charge is 0.323 e. The maximum absolute atomic E-state index is 10.7. The quantitative estimate of drug-likeness (QED) is 0.265. The van der Waals surface area contributed by atoms with E-state index in [9.17, 15) is 14.7 Å². The summed E-state index contributed by atoms with van der Waals surface area (Å²) in [5.74, 6) is -1.68. The van der Waals surface area contributed by atoms with E-state index in [4.69, 9.17) is 26.8 Å². The molecule has 0 saturated heterocycles. The number of carboxylic acids is 2. The van der Waals surface area contributed by atoms with Crippen LogP contribution in [0.1, 0.15) is 18.1 Å². The first-order valence-electron chi connectivity index (χ1n) is 8.29. The molecule has 8 N–H and O–H groups in total. The summed E-state index contributed by atoms with van der Waals surface area (Å²) in [6.07, 6.45) is 0.504. The summed E-state index contributed by atoms with van der Waals surface area (Å²) < 4.78 is 1.40. The van der Waals surface area contributed by atoms with Crippen LogP contribution in [-0.2, 0) is 22.4 Å². The van der Waals surface area contributed by atoms with E-state index in [0.717, 1.165) is 11.1 Å². The van der Waals surface area contributed by atoms with Crippen LogP contribution in [0.15, 0.2) is 36.4 Å². The number of hydrogen-bond donors (Lipinski definition) is 6. The molecule has 8 nitrogen and oxygen atoms in total. The monoisotopic (exact) mass is 628 g/mol. The lowest BCUT2D eigenvalue weighted by molar-refractivity contribution is -0.142. The van der Waals surface area contributed by atoms with E-state index in [0.29, 0.717) is 7.14 Å². The van der Waals surface area contributed by atoms with Gasteiger partial charge in [-0.25, -0.2) is 0 Å². The van der Waals surface area contributed by atoms with Crippen molar-refractivity contribution in [2.75, 3.05) is 0 Å². The lowest BCUT2D eigenvalue weighted by Crippen LogP contribution is -2.46. The number of halogens is 2. The van der Waals surface area contributed by atoms with Gasteiger partial charge in [0.05, 0.1) is 7.14 Å². The molecule has 0 fully saturated rings. The van der Waals surface area contributed by atoms with E-state index in [1.807, 2.05) is 45.2 Å². The molecular weight excluding hydrogens is 606 g/mol. The number of phenolic OH excluding ortho intramolecular Hbond substituents is 2. The number of carboxylic acid groups (broad SMARTS) is 2. The lowest BCUT2D eigenvalue weighted by Gasteiger charge is -2.18. The molecule has 0 heterocycles.